The highest BCUT2D eigenvalue weighted by molar-refractivity contribution is 6.33. The van der Waals surface area contributed by atoms with Crippen LogP contribution in [0.3, 0.4) is 0 Å². The van der Waals surface area contributed by atoms with Crippen LogP contribution in [0.4, 0.5) is 17.3 Å². The van der Waals surface area contributed by atoms with Gasteiger partial charge in [-0.25, -0.2) is 15.0 Å². The number of piperazine rings is 1. The van der Waals surface area contributed by atoms with Crippen molar-refractivity contribution in [1.82, 2.24) is 29.3 Å². The molecule has 1 aromatic carbocycles. The van der Waals surface area contributed by atoms with Crippen LogP contribution in [-0.4, -0.2) is 93.5 Å². The van der Waals surface area contributed by atoms with Crippen LogP contribution in [0, 0.1) is 0 Å². The lowest BCUT2D eigenvalue weighted by atomic mass is 10.0. The van der Waals surface area contributed by atoms with Crippen LogP contribution >= 0.6 is 11.6 Å². The van der Waals surface area contributed by atoms with Crippen LogP contribution in [0.5, 0.6) is 0 Å². The molecule has 2 amide bonds. The molecular formula is C32H36ClN9O2. The molecule has 0 unspecified atom stereocenters. The number of pyridine rings is 1. The average molecular weight is 614 g/mol. The second-order valence-electron chi connectivity index (χ2n) is 11.3. The van der Waals surface area contributed by atoms with E-state index in [9.17, 15) is 9.59 Å². The van der Waals surface area contributed by atoms with Gasteiger partial charge in [-0.1, -0.05) is 18.2 Å². The molecule has 3 aromatic heterocycles. The Balaban J connectivity index is 1.13. The van der Waals surface area contributed by atoms with Crippen molar-refractivity contribution in [3.8, 4) is 11.3 Å². The molecule has 5 heterocycles. The number of fused-ring (bicyclic) bond motifs is 1. The van der Waals surface area contributed by atoms with Crippen LogP contribution in [0.25, 0.3) is 22.3 Å². The molecule has 44 heavy (non-hydrogen) atoms. The smallest absolute Gasteiger partial charge is 0.253 e. The van der Waals surface area contributed by atoms with E-state index in [1.165, 1.54) is 6.08 Å². The first-order valence-electron chi connectivity index (χ1n) is 14.8. The Morgan fingerprint density at radius 3 is 2.57 bits per heavy atom. The number of anilines is 3. The van der Waals surface area contributed by atoms with Gasteiger partial charge in [-0.3, -0.25) is 9.59 Å². The van der Waals surface area contributed by atoms with Crippen molar-refractivity contribution in [1.29, 1.82) is 0 Å². The maximum Gasteiger partial charge on any atom is 0.253 e. The Labute approximate surface area is 261 Å². The maximum absolute atomic E-state index is 13.6. The molecule has 6 rings (SSSR count). The summed E-state index contributed by atoms with van der Waals surface area (Å²) in [6, 6.07) is 9.53. The molecule has 2 aliphatic rings. The van der Waals surface area contributed by atoms with Gasteiger partial charge in [-0.05, 0) is 56.3 Å². The fourth-order valence-corrected chi connectivity index (χ4v) is 6.07. The normalized spacial score (nSPS) is 16.2. The number of halogens is 1. The fraction of sp³-hybridized carbons (Fsp3) is 0.344. The third-order valence-corrected chi connectivity index (χ3v) is 8.66. The number of likely N-dealkylation sites (tertiary alicyclic amines) is 1. The SMILES string of the molecule is C=CC(=O)Nc1ccc(C(=O)N2CCC(Nc3ncc(Cl)c(-c4cn(C)c5ncccc45)n3)CC2)cc1N1CCN(C)CC1. The number of aryl methyl sites for hydroxylation is 1. The molecule has 0 aliphatic carbocycles. The van der Waals surface area contributed by atoms with E-state index >= 15 is 0 Å². The molecule has 2 saturated heterocycles. The molecule has 0 bridgehead atoms. The van der Waals surface area contributed by atoms with Crippen molar-refractivity contribution in [2.24, 2.45) is 7.05 Å². The van der Waals surface area contributed by atoms with Crippen LogP contribution in [0.1, 0.15) is 23.2 Å². The standard InChI is InChI=1S/C32H36ClN9O2/c1-4-28(43)37-26-8-7-21(18-27(26)41-16-14-39(2)15-17-41)31(44)42-12-9-22(10-13-42)36-32-35-19-25(33)29(38-32)24-20-40(3)30-23(24)6-5-11-34-30/h4-8,11,18-20,22H,1,9-10,12-17H2,2-3H3,(H,37,43)(H,35,36,38). The third kappa shape index (κ3) is 6.11. The monoisotopic (exact) mass is 613 g/mol. The highest BCUT2D eigenvalue weighted by Crippen LogP contribution is 2.33. The van der Waals surface area contributed by atoms with Gasteiger partial charge in [-0.15, -0.1) is 0 Å². The maximum atomic E-state index is 13.6. The summed E-state index contributed by atoms with van der Waals surface area (Å²) in [6.07, 6.45) is 8.13. The molecule has 12 heteroatoms. The lowest BCUT2D eigenvalue weighted by molar-refractivity contribution is -0.111. The third-order valence-electron chi connectivity index (χ3n) is 8.38. The number of carbonyl (C=O) groups is 2. The highest BCUT2D eigenvalue weighted by atomic mass is 35.5. The first-order chi connectivity index (χ1) is 21.3. The number of nitrogens with zero attached hydrogens (tertiary/aromatic N) is 7. The predicted octanol–water partition coefficient (Wildman–Crippen LogP) is 4.28. The van der Waals surface area contributed by atoms with E-state index in [1.807, 2.05) is 47.0 Å². The van der Waals surface area contributed by atoms with E-state index in [0.717, 1.165) is 61.3 Å². The van der Waals surface area contributed by atoms with Crippen LogP contribution < -0.4 is 15.5 Å². The molecule has 0 saturated carbocycles. The van der Waals surface area contributed by atoms with Crippen molar-refractivity contribution in [3.05, 3.63) is 72.2 Å². The first-order valence-corrected chi connectivity index (χ1v) is 15.2. The van der Waals surface area contributed by atoms with Crippen molar-refractivity contribution in [2.45, 2.75) is 18.9 Å². The summed E-state index contributed by atoms with van der Waals surface area (Å²) in [5, 5.41) is 7.80. The Morgan fingerprint density at radius 2 is 1.82 bits per heavy atom. The van der Waals surface area contributed by atoms with Gasteiger partial charge in [0.25, 0.3) is 5.91 Å². The molecule has 228 valence electrons. The zero-order chi connectivity index (χ0) is 30.8. The predicted molar refractivity (Wildman–Crippen MR) is 174 cm³/mol. The van der Waals surface area contributed by atoms with Gasteiger partial charge in [0, 0.05) is 81.3 Å². The number of benzene rings is 1. The number of hydrogen-bond donors (Lipinski definition) is 2. The molecule has 0 spiro atoms. The summed E-state index contributed by atoms with van der Waals surface area (Å²) < 4.78 is 1.96. The second-order valence-corrected chi connectivity index (χ2v) is 11.8. The van der Waals surface area contributed by atoms with Crippen molar-refractivity contribution in [3.63, 3.8) is 0 Å². The molecule has 2 N–H and O–H groups in total. The number of amides is 2. The van der Waals surface area contributed by atoms with Crippen LogP contribution in [0.2, 0.25) is 5.02 Å². The van der Waals surface area contributed by atoms with Gasteiger partial charge >= 0.3 is 0 Å². The first kappa shape index (κ1) is 29.6. The Bertz CT molecular complexity index is 1710. The lowest BCUT2D eigenvalue weighted by Crippen LogP contribution is -2.45. The fourth-order valence-electron chi connectivity index (χ4n) is 5.88. The van der Waals surface area contributed by atoms with E-state index in [2.05, 4.69) is 44.0 Å². The average Bonchev–Trinajstić information content (AvgIpc) is 3.38. The van der Waals surface area contributed by atoms with Crippen molar-refractivity contribution >= 4 is 51.8 Å². The number of nitrogens with one attached hydrogen (secondary N) is 2. The number of hydrogen-bond acceptors (Lipinski definition) is 8. The van der Waals surface area contributed by atoms with Gasteiger partial charge in [0.15, 0.2) is 0 Å². The van der Waals surface area contributed by atoms with Crippen LogP contribution in [0.15, 0.2) is 61.6 Å². The molecule has 4 aromatic rings. The van der Waals surface area contributed by atoms with Gasteiger partial charge < -0.3 is 29.9 Å². The molecule has 2 fully saturated rings. The van der Waals surface area contributed by atoms with Crippen molar-refractivity contribution < 1.29 is 9.59 Å². The minimum absolute atomic E-state index is 0.0185. The summed E-state index contributed by atoms with van der Waals surface area (Å²) in [4.78, 5) is 45.8. The number of rotatable bonds is 7. The highest BCUT2D eigenvalue weighted by Gasteiger charge is 2.26. The van der Waals surface area contributed by atoms with Crippen molar-refractivity contribution in [2.75, 3.05) is 61.8 Å². The zero-order valence-electron chi connectivity index (χ0n) is 25.0. The Kier molecular flexibility index (Phi) is 8.49. The zero-order valence-corrected chi connectivity index (χ0v) is 25.7. The minimum Gasteiger partial charge on any atom is -0.367 e. The quantitative estimate of drug-likeness (QED) is 0.297. The van der Waals surface area contributed by atoms with Gasteiger partial charge in [0.1, 0.15) is 5.65 Å². The molecule has 11 nitrogen and oxygen atoms in total. The van der Waals surface area contributed by atoms with E-state index in [-0.39, 0.29) is 17.9 Å². The van der Waals surface area contributed by atoms with E-state index in [1.54, 1.807) is 18.5 Å². The largest absolute Gasteiger partial charge is 0.367 e. The summed E-state index contributed by atoms with van der Waals surface area (Å²) in [5.41, 5.74) is 4.55. The Hall–Kier alpha value is -4.48. The van der Waals surface area contributed by atoms with Gasteiger partial charge in [0.05, 0.1) is 28.3 Å². The number of piperidine rings is 1. The number of likely N-dealkylation sites (N-methyl/N-ethyl adjacent to an activating group) is 1. The van der Waals surface area contributed by atoms with Gasteiger partial charge in [0.2, 0.25) is 11.9 Å². The summed E-state index contributed by atoms with van der Waals surface area (Å²) in [7, 11) is 4.04. The minimum atomic E-state index is -0.278. The van der Waals surface area contributed by atoms with Gasteiger partial charge in [-0.2, -0.15) is 0 Å². The summed E-state index contributed by atoms with van der Waals surface area (Å²) >= 11 is 6.55. The number of aromatic nitrogens is 4. The molecule has 0 radical (unpaired) electrons. The van der Waals surface area contributed by atoms with E-state index < -0.39 is 0 Å². The van der Waals surface area contributed by atoms with Crippen LogP contribution in [-0.2, 0) is 11.8 Å². The second kappa shape index (κ2) is 12.6. The topological polar surface area (TPSA) is 112 Å². The summed E-state index contributed by atoms with van der Waals surface area (Å²) in [6.45, 7) is 8.21. The Morgan fingerprint density at radius 1 is 1.05 bits per heavy atom. The lowest BCUT2D eigenvalue weighted by Gasteiger charge is -2.36. The number of carbonyl (C=O) groups excluding carboxylic acids is 2. The van der Waals surface area contributed by atoms with E-state index in [0.29, 0.717) is 41.0 Å². The summed E-state index contributed by atoms with van der Waals surface area (Å²) in [5.74, 6) is 0.207. The molecule has 2 aliphatic heterocycles. The molecule has 0 atom stereocenters. The van der Waals surface area contributed by atoms with E-state index in [4.69, 9.17) is 16.6 Å². The molecular weight excluding hydrogens is 578 g/mol.